The molecule has 1 aromatic heterocycles. The van der Waals surface area contributed by atoms with E-state index in [2.05, 4.69) is 47.7 Å². The molecule has 1 fully saturated rings. The van der Waals surface area contributed by atoms with Crippen molar-refractivity contribution in [1.29, 1.82) is 0 Å². The average molecular weight is 217 g/mol. The summed E-state index contributed by atoms with van der Waals surface area (Å²) in [6, 6.07) is 9.40. The van der Waals surface area contributed by atoms with Crippen LogP contribution in [0.4, 0.5) is 0 Å². The molecule has 1 aliphatic carbocycles. The largest absolute Gasteiger partial charge is 0.344 e. The second-order valence-electron chi connectivity index (χ2n) is 4.32. The lowest BCUT2D eigenvalue weighted by molar-refractivity contribution is 0.321. The van der Waals surface area contributed by atoms with Gasteiger partial charge in [0.15, 0.2) is 0 Å². The van der Waals surface area contributed by atoms with E-state index in [0.717, 1.165) is 11.8 Å². The first-order chi connectivity index (χ1) is 7.40. The minimum Gasteiger partial charge on any atom is -0.344 e. The van der Waals surface area contributed by atoms with Crippen molar-refractivity contribution in [1.82, 2.24) is 4.57 Å². The van der Waals surface area contributed by atoms with Gasteiger partial charge in [-0.2, -0.15) is 12.6 Å². The molecule has 0 N–H and O–H groups in total. The summed E-state index contributed by atoms with van der Waals surface area (Å²) < 4.78 is 2.45. The lowest BCUT2D eigenvalue weighted by Gasteiger charge is -2.28. The van der Waals surface area contributed by atoms with E-state index in [1.807, 2.05) is 0 Å². The topological polar surface area (TPSA) is 4.93 Å². The molecule has 78 valence electrons. The maximum absolute atomic E-state index is 4.40. The van der Waals surface area contributed by atoms with Crippen molar-refractivity contribution in [3.8, 4) is 0 Å². The Labute approximate surface area is 95.5 Å². The minimum atomic E-state index is 0.739. The van der Waals surface area contributed by atoms with E-state index in [1.165, 1.54) is 35.7 Å². The van der Waals surface area contributed by atoms with E-state index in [0.29, 0.717) is 0 Å². The van der Waals surface area contributed by atoms with Gasteiger partial charge in [-0.05, 0) is 30.9 Å². The predicted octanol–water partition coefficient (Wildman–Crippen LogP) is 3.80. The molecule has 0 radical (unpaired) electrons. The molecule has 15 heavy (non-hydrogen) atoms. The number of hydrogen-bond donors (Lipinski definition) is 1. The van der Waals surface area contributed by atoms with Crippen molar-refractivity contribution in [3.63, 3.8) is 0 Å². The maximum Gasteiger partial charge on any atom is 0.0486 e. The summed E-state index contributed by atoms with van der Waals surface area (Å²) in [5.41, 5.74) is 2.74. The number of thiol groups is 1. The Hall–Kier alpha value is -0.890. The van der Waals surface area contributed by atoms with Crippen LogP contribution < -0.4 is 0 Å². The van der Waals surface area contributed by atoms with Crippen molar-refractivity contribution in [3.05, 3.63) is 36.0 Å². The summed E-state index contributed by atoms with van der Waals surface area (Å²) in [7, 11) is 0. The van der Waals surface area contributed by atoms with Crippen LogP contribution in [-0.4, -0.2) is 4.57 Å². The third-order valence-corrected chi connectivity index (χ3v) is 3.80. The van der Waals surface area contributed by atoms with Gasteiger partial charge in [0.05, 0.1) is 0 Å². The van der Waals surface area contributed by atoms with Crippen LogP contribution in [0.1, 0.15) is 30.9 Å². The van der Waals surface area contributed by atoms with Crippen molar-refractivity contribution < 1.29 is 0 Å². The Balaban J connectivity index is 2.20. The lowest BCUT2D eigenvalue weighted by Crippen LogP contribution is -2.15. The third kappa shape index (κ3) is 1.39. The zero-order valence-electron chi connectivity index (χ0n) is 8.69. The van der Waals surface area contributed by atoms with E-state index in [1.54, 1.807) is 0 Å². The minimum absolute atomic E-state index is 0.739. The Morgan fingerprint density at radius 1 is 1.27 bits per heavy atom. The van der Waals surface area contributed by atoms with Gasteiger partial charge in [0.25, 0.3) is 0 Å². The summed E-state index contributed by atoms with van der Waals surface area (Å²) in [4.78, 5) is 0. The molecule has 0 atom stereocenters. The fraction of sp³-hybridized carbons (Fsp3) is 0.385. The van der Waals surface area contributed by atoms with Crippen LogP contribution >= 0.6 is 12.6 Å². The van der Waals surface area contributed by atoms with E-state index < -0.39 is 0 Å². The molecule has 2 heteroatoms. The van der Waals surface area contributed by atoms with Gasteiger partial charge in [0, 0.05) is 28.9 Å². The molecule has 0 saturated heterocycles. The van der Waals surface area contributed by atoms with Crippen molar-refractivity contribution in [2.24, 2.45) is 0 Å². The van der Waals surface area contributed by atoms with Gasteiger partial charge < -0.3 is 4.57 Å². The van der Waals surface area contributed by atoms with E-state index in [9.17, 15) is 0 Å². The molecule has 0 bridgehead atoms. The van der Waals surface area contributed by atoms with Crippen LogP contribution in [0.25, 0.3) is 10.9 Å². The summed E-state index contributed by atoms with van der Waals surface area (Å²) in [6.07, 6.45) is 6.35. The van der Waals surface area contributed by atoms with Gasteiger partial charge in [-0.1, -0.05) is 18.2 Å². The van der Waals surface area contributed by atoms with Gasteiger partial charge in [-0.25, -0.2) is 0 Å². The fourth-order valence-electron chi connectivity index (χ4n) is 2.37. The van der Waals surface area contributed by atoms with Gasteiger partial charge in [0.1, 0.15) is 0 Å². The third-order valence-electron chi connectivity index (χ3n) is 3.46. The zero-order chi connectivity index (χ0) is 10.3. The molecule has 3 rings (SSSR count). The monoisotopic (exact) mass is 217 g/mol. The number of nitrogens with zero attached hydrogens (tertiary/aromatic N) is 1. The van der Waals surface area contributed by atoms with E-state index >= 15 is 0 Å². The van der Waals surface area contributed by atoms with E-state index in [-0.39, 0.29) is 0 Å². The Kier molecular flexibility index (Phi) is 2.24. The van der Waals surface area contributed by atoms with Crippen LogP contribution in [0.5, 0.6) is 0 Å². The van der Waals surface area contributed by atoms with Gasteiger partial charge in [-0.15, -0.1) is 0 Å². The SMILES string of the molecule is SCc1cn(C2CCC2)c2ccccc12. The highest BCUT2D eigenvalue weighted by Crippen LogP contribution is 2.36. The fourth-order valence-corrected chi connectivity index (χ4v) is 2.62. The Morgan fingerprint density at radius 2 is 2.07 bits per heavy atom. The second-order valence-corrected chi connectivity index (χ2v) is 4.64. The highest BCUT2D eigenvalue weighted by Gasteiger charge is 2.21. The number of para-hydroxylation sites is 1. The number of aromatic nitrogens is 1. The first kappa shape index (κ1) is 9.34. The zero-order valence-corrected chi connectivity index (χ0v) is 9.58. The molecule has 1 aliphatic rings. The molecule has 0 unspecified atom stereocenters. The molecular formula is C13H15NS. The molecule has 0 spiro atoms. The number of fused-ring (bicyclic) bond motifs is 1. The first-order valence-corrected chi connectivity index (χ1v) is 6.22. The summed E-state index contributed by atoms with van der Waals surface area (Å²) in [5, 5.41) is 1.37. The van der Waals surface area contributed by atoms with Gasteiger partial charge in [0.2, 0.25) is 0 Å². The Morgan fingerprint density at radius 3 is 2.73 bits per heavy atom. The molecule has 1 nitrogen and oxygen atoms in total. The highest BCUT2D eigenvalue weighted by atomic mass is 32.1. The molecule has 0 amide bonds. The maximum atomic E-state index is 4.40. The molecule has 0 aliphatic heterocycles. The smallest absolute Gasteiger partial charge is 0.0486 e. The molecule has 1 saturated carbocycles. The van der Waals surface area contributed by atoms with Crippen LogP contribution in [0, 0.1) is 0 Å². The normalized spacial score (nSPS) is 16.9. The van der Waals surface area contributed by atoms with E-state index in [4.69, 9.17) is 0 Å². The quantitative estimate of drug-likeness (QED) is 0.730. The molecule has 1 heterocycles. The van der Waals surface area contributed by atoms with Crippen molar-refractivity contribution in [2.75, 3.05) is 0 Å². The number of benzene rings is 1. The standard InChI is InChI=1S/C13H15NS/c15-9-10-8-14(11-4-3-5-11)13-7-2-1-6-12(10)13/h1-2,6-8,11,15H,3-5,9H2. The van der Waals surface area contributed by atoms with Crippen molar-refractivity contribution >= 4 is 23.5 Å². The number of rotatable bonds is 2. The van der Waals surface area contributed by atoms with Gasteiger partial charge >= 0.3 is 0 Å². The summed E-state index contributed by atoms with van der Waals surface area (Å²) in [6.45, 7) is 0. The second kappa shape index (κ2) is 3.60. The summed E-state index contributed by atoms with van der Waals surface area (Å²) >= 11 is 4.40. The van der Waals surface area contributed by atoms with Crippen LogP contribution in [0.3, 0.4) is 0 Å². The Bertz CT molecular complexity index is 482. The van der Waals surface area contributed by atoms with Crippen LogP contribution in [0.2, 0.25) is 0 Å². The summed E-state index contributed by atoms with van der Waals surface area (Å²) in [5.74, 6) is 0.834. The average Bonchev–Trinajstić information content (AvgIpc) is 2.55. The van der Waals surface area contributed by atoms with Crippen LogP contribution in [-0.2, 0) is 5.75 Å². The molecular weight excluding hydrogens is 202 g/mol. The van der Waals surface area contributed by atoms with Crippen molar-refractivity contribution in [2.45, 2.75) is 31.1 Å². The molecule has 2 aromatic rings. The highest BCUT2D eigenvalue weighted by molar-refractivity contribution is 7.79. The predicted molar refractivity (Wildman–Crippen MR) is 67.5 cm³/mol. The van der Waals surface area contributed by atoms with Gasteiger partial charge in [-0.3, -0.25) is 0 Å². The first-order valence-electron chi connectivity index (χ1n) is 5.59. The van der Waals surface area contributed by atoms with Crippen LogP contribution in [0.15, 0.2) is 30.5 Å². The number of hydrogen-bond acceptors (Lipinski definition) is 1. The molecule has 1 aromatic carbocycles. The lowest BCUT2D eigenvalue weighted by atomic mass is 9.93.